The van der Waals surface area contributed by atoms with Gasteiger partial charge in [-0.15, -0.1) is 0 Å². The van der Waals surface area contributed by atoms with Crippen molar-refractivity contribution in [3.05, 3.63) is 22.4 Å². The normalized spacial score (nSPS) is 17.6. The summed E-state index contributed by atoms with van der Waals surface area (Å²) >= 11 is 2.92. The van der Waals surface area contributed by atoms with E-state index in [9.17, 15) is 17.6 Å². The number of carbonyl (C=O) groups excluding carboxylic acids is 1. The van der Waals surface area contributed by atoms with Gasteiger partial charge in [0.1, 0.15) is 4.90 Å². The first-order chi connectivity index (χ1) is 9.32. The molecule has 6 nitrogen and oxygen atoms in total. The van der Waals surface area contributed by atoms with Crippen molar-refractivity contribution >= 4 is 37.5 Å². The van der Waals surface area contributed by atoms with E-state index in [1.807, 2.05) is 0 Å². The third-order valence-electron chi connectivity index (χ3n) is 2.86. The van der Waals surface area contributed by atoms with Crippen LogP contribution in [0.3, 0.4) is 0 Å². The van der Waals surface area contributed by atoms with E-state index in [0.717, 1.165) is 10.4 Å². The van der Waals surface area contributed by atoms with E-state index in [1.54, 1.807) is 0 Å². The van der Waals surface area contributed by atoms with Crippen LogP contribution in [0.4, 0.5) is 10.1 Å². The van der Waals surface area contributed by atoms with E-state index in [1.165, 1.54) is 6.07 Å². The maximum Gasteiger partial charge on any atom is 0.246 e. The standard InChI is InChI=1S/C11H13BrFN3O3S/c12-8-4-7(14)5-9(11(8)13)20(18,19)16-3-1-2-15-10(17)6-16/h4-5H,1-3,6,14H2,(H,15,17). The van der Waals surface area contributed by atoms with Gasteiger partial charge in [0.15, 0.2) is 5.82 Å². The average Bonchev–Trinajstić information content (AvgIpc) is 2.58. The zero-order chi connectivity index (χ0) is 14.9. The summed E-state index contributed by atoms with van der Waals surface area (Å²) in [6, 6.07) is 2.34. The van der Waals surface area contributed by atoms with Crippen LogP contribution in [0.15, 0.2) is 21.5 Å². The Morgan fingerprint density at radius 3 is 2.80 bits per heavy atom. The first kappa shape index (κ1) is 15.2. The van der Waals surface area contributed by atoms with Crippen molar-refractivity contribution < 1.29 is 17.6 Å². The van der Waals surface area contributed by atoms with Crippen LogP contribution in [-0.4, -0.2) is 38.3 Å². The van der Waals surface area contributed by atoms with Crippen LogP contribution in [0, 0.1) is 5.82 Å². The lowest BCUT2D eigenvalue weighted by molar-refractivity contribution is -0.120. The Hall–Kier alpha value is -1.19. The second kappa shape index (κ2) is 5.66. The van der Waals surface area contributed by atoms with Gasteiger partial charge in [-0.05, 0) is 34.5 Å². The van der Waals surface area contributed by atoms with Crippen LogP contribution in [0.25, 0.3) is 0 Å². The van der Waals surface area contributed by atoms with Crippen molar-refractivity contribution in [2.24, 2.45) is 0 Å². The van der Waals surface area contributed by atoms with Crippen molar-refractivity contribution in [2.75, 3.05) is 25.4 Å². The van der Waals surface area contributed by atoms with E-state index >= 15 is 0 Å². The monoisotopic (exact) mass is 365 g/mol. The molecular weight excluding hydrogens is 353 g/mol. The molecule has 1 aliphatic heterocycles. The number of nitrogens with zero attached hydrogens (tertiary/aromatic N) is 1. The van der Waals surface area contributed by atoms with Crippen LogP contribution in [0.1, 0.15) is 6.42 Å². The van der Waals surface area contributed by atoms with Crippen LogP contribution >= 0.6 is 15.9 Å². The Labute approximate surface area is 124 Å². The van der Waals surface area contributed by atoms with Crippen LogP contribution in [0.5, 0.6) is 0 Å². The maximum absolute atomic E-state index is 14.0. The number of hydrogen-bond donors (Lipinski definition) is 2. The highest BCUT2D eigenvalue weighted by atomic mass is 79.9. The highest BCUT2D eigenvalue weighted by molar-refractivity contribution is 9.10. The first-order valence-corrected chi connectivity index (χ1v) is 8.07. The van der Waals surface area contributed by atoms with Gasteiger partial charge in [0, 0.05) is 18.8 Å². The quantitative estimate of drug-likeness (QED) is 0.753. The molecule has 1 aromatic rings. The molecule has 3 N–H and O–H groups in total. The molecule has 1 amide bonds. The molecule has 0 atom stereocenters. The fourth-order valence-electron chi connectivity index (χ4n) is 1.89. The summed E-state index contributed by atoms with van der Waals surface area (Å²) in [5, 5.41) is 2.56. The summed E-state index contributed by atoms with van der Waals surface area (Å²) in [6.45, 7) is 0.217. The fourth-order valence-corrected chi connectivity index (χ4v) is 4.06. The minimum Gasteiger partial charge on any atom is -0.399 e. The van der Waals surface area contributed by atoms with Gasteiger partial charge in [-0.25, -0.2) is 12.8 Å². The predicted octanol–water partition coefficient (Wildman–Crippen LogP) is 0.681. The lowest BCUT2D eigenvalue weighted by Gasteiger charge is -2.19. The Bertz CT molecular complexity index is 651. The van der Waals surface area contributed by atoms with Crippen molar-refractivity contribution in [3.63, 3.8) is 0 Å². The summed E-state index contributed by atoms with van der Waals surface area (Å²) < 4.78 is 39.8. The van der Waals surface area contributed by atoms with Crippen molar-refractivity contribution in [3.8, 4) is 0 Å². The van der Waals surface area contributed by atoms with Crippen molar-refractivity contribution in [2.45, 2.75) is 11.3 Å². The minimum atomic E-state index is -4.11. The molecule has 1 fully saturated rings. The maximum atomic E-state index is 14.0. The van der Waals surface area contributed by atoms with Crippen molar-refractivity contribution in [1.82, 2.24) is 9.62 Å². The van der Waals surface area contributed by atoms with Gasteiger partial charge in [-0.1, -0.05) is 0 Å². The largest absolute Gasteiger partial charge is 0.399 e. The summed E-state index contributed by atoms with van der Waals surface area (Å²) in [6.07, 6.45) is 0.468. The number of carbonyl (C=O) groups is 1. The third-order valence-corrected chi connectivity index (χ3v) is 5.28. The number of halogens is 2. The Kier molecular flexibility index (Phi) is 4.31. The molecule has 1 aliphatic rings. The number of hydrogen-bond acceptors (Lipinski definition) is 4. The number of anilines is 1. The summed E-state index contributed by atoms with van der Waals surface area (Å²) in [5.41, 5.74) is 5.68. The fraction of sp³-hybridized carbons (Fsp3) is 0.364. The Balaban J connectivity index is 2.47. The van der Waals surface area contributed by atoms with E-state index < -0.39 is 26.6 Å². The molecule has 0 radical (unpaired) electrons. The zero-order valence-corrected chi connectivity index (χ0v) is 12.8. The molecule has 0 aromatic heterocycles. The van der Waals surface area contributed by atoms with Gasteiger partial charge in [0.2, 0.25) is 15.9 Å². The van der Waals surface area contributed by atoms with E-state index in [4.69, 9.17) is 5.73 Å². The van der Waals surface area contributed by atoms with Gasteiger partial charge < -0.3 is 11.1 Å². The molecule has 1 aromatic carbocycles. The SMILES string of the molecule is Nc1cc(Br)c(F)c(S(=O)(=O)N2CCCNC(=O)C2)c1. The number of benzene rings is 1. The number of nitrogens with one attached hydrogen (secondary N) is 1. The lowest BCUT2D eigenvalue weighted by atomic mass is 10.3. The van der Waals surface area contributed by atoms with E-state index in [2.05, 4.69) is 21.2 Å². The molecule has 110 valence electrons. The molecule has 1 heterocycles. The van der Waals surface area contributed by atoms with Gasteiger partial charge in [-0.3, -0.25) is 4.79 Å². The van der Waals surface area contributed by atoms with Crippen LogP contribution < -0.4 is 11.1 Å². The van der Waals surface area contributed by atoms with E-state index in [-0.39, 0.29) is 23.2 Å². The molecule has 0 saturated carbocycles. The highest BCUT2D eigenvalue weighted by Gasteiger charge is 2.31. The predicted molar refractivity (Wildman–Crippen MR) is 74.9 cm³/mol. The highest BCUT2D eigenvalue weighted by Crippen LogP contribution is 2.28. The summed E-state index contributed by atoms with van der Waals surface area (Å²) in [5.74, 6) is -1.32. The Morgan fingerprint density at radius 2 is 2.10 bits per heavy atom. The molecular formula is C11H13BrFN3O3S. The van der Waals surface area contributed by atoms with Gasteiger partial charge in [-0.2, -0.15) is 4.31 Å². The summed E-state index contributed by atoms with van der Waals surface area (Å²) in [4.78, 5) is 10.9. The van der Waals surface area contributed by atoms with Crippen LogP contribution in [0.2, 0.25) is 0 Å². The van der Waals surface area contributed by atoms with Gasteiger partial charge in [0.05, 0.1) is 11.0 Å². The van der Waals surface area contributed by atoms with Gasteiger partial charge >= 0.3 is 0 Å². The number of nitrogens with two attached hydrogens (primary N) is 1. The zero-order valence-electron chi connectivity index (χ0n) is 10.4. The summed E-state index contributed by atoms with van der Waals surface area (Å²) in [7, 11) is -4.11. The molecule has 0 bridgehead atoms. The minimum absolute atomic E-state index is 0.0321. The molecule has 9 heteroatoms. The molecule has 0 spiro atoms. The average molecular weight is 366 g/mol. The number of nitrogen functional groups attached to an aromatic ring is 1. The molecule has 0 aliphatic carbocycles. The second-order valence-corrected chi connectivity index (χ2v) is 7.12. The van der Waals surface area contributed by atoms with E-state index in [0.29, 0.717) is 13.0 Å². The molecule has 0 unspecified atom stereocenters. The lowest BCUT2D eigenvalue weighted by Crippen LogP contribution is -2.37. The van der Waals surface area contributed by atoms with Crippen LogP contribution in [-0.2, 0) is 14.8 Å². The second-order valence-electron chi connectivity index (χ2n) is 4.36. The Morgan fingerprint density at radius 1 is 1.40 bits per heavy atom. The third kappa shape index (κ3) is 2.94. The topological polar surface area (TPSA) is 92.5 Å². The van der Waals surface area contributed by atoms with Gasteiger partial charge in [0.25, 0.3) is 0 Å². The first-order valence-electron chi connectivity index (χ1n) is 5.84. The molecule has 2 rings (SSSR count). The number of rotatable bonds is 2. The number of sulfonamides is 1. The van der Waals surface area contributed by atoms with Crippen molar-refractivity contribution in [1.29, 1.82) is 0 Å². The molecule has 20 heavy (non-hydrogen) atoms. The number of amides is 1. The smallest absolute Gasteiger partial charge is 0.246 e. The molecule has 1 saturated heterocycles.